The van der Waals surface area contributed by atoms with Crippen LogP contribution >= 0.6 is 11.3 Å². The van der Waals surface area contributed by atoms with Gasteiger partial charge in [-0.1, -0.05) is 42.5 Å². The summed E-state index contributed by atoms with van der Waals surface area (Å²) in [6.45, 7) is 3.93. The molecule has 2 aromatic carbocycles. The molecule has 164 valence electrons. The van der Waals surface area contributed by atoms with E-state index in [0.29, 0.717) is 19.4 Å². The Hall–Kier alpha value is -3.45. The molecule has 2 amide bonds. The van der Waals surface area contributed by atoms with Crippen LogP contribution in [-0.4, -0.2) is 34.4 Å². The summed E-state index contributed by atoms with van der Waals surface area (Å²) in [6.07, 6.45) is 3.04. The Kier molecular flexibility index (Phi) is 6.66. The number of carbonyl (C=O) groups is 2. The molecule has 1 unspecified atom stereocenters. The molecule has 0 saturated carbocycles. The van der Waals surface area contributed by atoms with Crippen LogP contribution in [0.5, 0.6) is 0 Å². The second kappa shape index (κ2) is 9.78. The molecule has 0 saturated heterocycles. The van der Waals surface area contributed by atoms with Crippen LogP contribution in [0.15, 0.2) is 60.1 Å². The standard InChI is InChI=1S/C25H26N4O2S/c1-16(30)28-23(13-20-14-27-22-6-4-3-5-21(20)22)25(31)26-12-11-18-7-9-19(10-8-18)24-15-32-17(2)29-24/h3-10,14-15,23,27H,11-13H2,1-2H3,(H,26,31)(H,28,30). The van der Waals surface area contributed by atoms with Gasteiger partial charge in [0, 0.05) is 47.9 Å². The second-order valence-electron chi connectivity index (χ2n) is 7.81. The maximum atomic E-state index is 12.8. The van der Waals surface area contributed by atoms with Crippen molar-refractivity contribution in [2.45, 2.75) is 32.7 Å². The van der Waals surface area contributed by atoms with Gasteiger partial charge in [0.25, 0.3) is 0 Å². The van der Waals surface area contributed by atoms with Gasteiger partial charge in [-0.3, -0.25) is 9.59 Å². The summed E-state index contributed by atoms with van der Waals surface area (Å²) in [4.78, 5) is 32.3. The molecule has 0 radical (unpaired) electrons. The Labute approximate surface area is 191 Å². The van der Waals surface area contributed by atoms with Crippen molar-refractivity contribution in [3.63, 3.8) is 0 Å². The minimum atomic E-state index is -0.623. The molecule has 2 aromatic heterocycles. The van der Waals surface area contributed by atoms with Gasteiger partial charge in [-0.2, -0.15) is 0 Å². The number of para-hydroxylation sites is 1. The number of rotatable bonds is 8. The summed E-state index contributed by atoms with van der Waals surface area (Å²) >= 11 is 1.64. The van der Waals surface area contributed by atoms with Crippen molar-refractivity contribution in [3.05, 3.63) is 76.2 Å². The van der Waals surface area contributed by atoms with E-state index in [-0.39, 0.29) is 11.8 Å². The number of nitrogens with zero attached hydrogens (tertiary/aromatic N) is 1. The molecule has 0 spiro atoms. The number of fused-ring (bicyclic) bond motifs is 1. The number of carbonyl (C=O) groups excluding carboxylic acids is 2. The smallest absolute Gasteiger partial charge is 0.242 e. The van der Waals surface area contributed by atoms with Crippen LogP contribution in [0, 0.1) is 6.92 Å². The van der Waals surface area contributed by atoms with Crippen LogP contribution in [0.3, 0.4) is 0 Å². The zero-order valence-corrected chi connectivity index (χ0v) is 19.0. The van der Waals surface area contributed by atoms with Gasteiger partial charge in [-0.05, 0) is 30.5 Å². The Morgan fingerprint density at radius 2 is 1.91 bits per heavy atom. The summed E-state index contributed by atoms with van der Waals surface area (Å²) in [5.41, 5.74) is 5.23. The number of H-pyrrole nitrogens is 1. The molecule has 6 nitrogen and oxygen atoms in total. The minimum absolute atomic E-state index is 0.181. The van der Waals surface area contributed by atoms with Gasteiger partial charge in [-0.25, -0.2) is 4.98 Å². The number of amides is 2. The van der Waals surface area contributed by atoms with Gasteiger partial charge in [0.1, 0.15) is 6.04 Å². The molecule has 4 rings (SSSR count). The highest BCUT2D eigenvalue weighted by Gasteiger charge is 2.21. The lowest BCUT2D eigenvalue weighted by Gasteiger charge is -2.17. The van der Waals surface area contributed by atoms with Crippen LogP contribution in [0.2, 0.25) is 0 Å². The maximum absolute atomic E-state index is 12.8. The van der Waals surface area contributed by atoms with Crippen molar-refractivity contribution in [1.29, 1.82) is 0 Å². The van der Waals surface area contributed by atoms with Crippen LogP contribution in [0.1, 0.15) is 23.1 Å². The zero-order valence-electron chi connectivity index (χ0n) is 18.1. The molecule has 3 N–H and O–H groups in total. The molecule has 0 aliphatic rings. The first-order chi connectivity index (χ1) is 15.5. The molecule has 0 bridgehead atoms. The summed E-state index contributed by atoms with van der Waals surface area (Å²) < 4.78 is 0. The summed E-state index contributed by atoms with van der Waals surface area (Å²) in [5, 5.41) is 9.93. The van der Waals surface area contributed by atoms with Crippen molar-refractivity contribution in [2.24, 2.45) is 0 Å². The Bertz CT molecular complexity index is 1230. The summed E-state index contributed by atoms with van der Waals surface area (Å²) in [5.74, 6) is -0.405. The highest BCUT2D eigenvalue weighted by atomic mass is 32.1. The Morgan fingerprint density at radius 1 is 1.12 bits per heavy atom. The average Bonchev–Trinajstić information content (AvgIpc) is 3.40. The number of hydrogen-bond donors (Lipinski definition) is 3. The van der Waals surface area contributed by atoms with Crippen LogP contribution < -0.4 is 10.6 Å². The van der Waals surface area contributed by atoms with E-state index >= 15 is 0 Å². The molecule has 0 fully saturated rings. The van der Waals surface area contributed by atoms with Crippen molar-refractivity contribution in [3.8, 4) is 11.3 Å². The zero-order chi connectivity index (χ0) is 22.5. The van der Waals surface area contributed by atoms with Gasteiger partial charge >= 0.3 is 0 Å². The Balaban J connectivity index is 1.35. The quantitative estimate of drug-likeness (QED) is 0.382. The first-order valence-corrected chi connectivity index (χ1v) is 11.5. The van der Waals surface area contributed by atoms with E-state index in [9.17, 15) is 9.59 Å². The van der Waals surface area contributed by atoms with E-state index in [1.54, 1.807) is 11.3 Å². The van der Waals surface area contributed by atoms with E-state index in [4.69, 9.17) is 0 Å². The van der Waals surface area contributed by atoms with E-state index in [2.05, 4.69) is 50.2 Å². The van der Waals surface area contributed by atoms with Gasteiger partial charge in [0.15, 0.2) is 0 Å². The fraction of sp³-hybridized carbons (Fsp3) is 0.240. The Morgan fingerprint density at radius 3 is 2.62 bits per heavy atom. The third kappa shape index (κ3) is 5.23. The summed E-state index contributed by atoms with van der Waals surface area (Å²) in [6, 6.07) is 15.6. The molecule has 4 aromatic rings. The predicted molar refractivity (Wildman–Crippen MR) is 129 cm³/mol. The van der Waals surface area contributed by atoms with Crippen LogP contribution in [-0.2, 0) is 22.4 Å². The fourth-order valence-corrected chi connectivity index (χ4v) is 4.39. The molecule has 0 aliphatic carbocycles. The van der Waals surface area contributed by atoms with Gasteiger partial charge in [-0.15, -0.1) is 11.3 Å². The third-order valence-electron chi connectivity index (χ3n) is 5.37. The summed E-state index contributed by atoms with van der Waals surface area (Å²) in [7, 11) is 0. The number of aromatic amines is 1. The number of nitrogens with one attached hydrogen (secondary N) is 3. The van der Waals surface area contributed by atoms with Crippen molar-refractivity contribution in [2.75, 3.05) is 6.54 Å². The normalized spacial score (nSPS) is 11.9. The largest absolute Gasteiger partial charge is 0.361 e. The van der Waals surface area contributed by atoms with Crippen molar-refractivity contribution >= 4 is 34.1 Å². The van der Waals surface area contributed by atoms with E-state index in [1.165, 1.54) is 6.92 Å². The number of aryl methyl sites for hydroxylation is 1. The molecule has 1 atom stereocenters. The molecule has 7 heteroatoms. The lowest BCUT2D eigenvalue weighted by atomic mass is 10.0. The molecule has 2 heterocycles. The number of aromatic nitrogens is 2. The van der Waals surface area contributed by atoms with E-state index in [1.807, 2.05) is 37.4 Å². The first kappa shape index (κ1) is 21.8. The molecular weight excluding hydrogens is 420 g/mol. The van der Waals surface area contributed by atoms with Crippen LogP contribution in [0.4, 0.5) is 0 Å². The first-order valence-electron chi connectivity index (χ1n) is 10.6. The second-order valence-corrected chi connectivity index (χ2v) is 8.87. The highest BCUT2D eigenvalue weighted by Crippen LogP contribution is 2.22. The van der Waals surface area contributed by atoms with E-state index < -0.39 is 6.04 Å². The van der Waals surface area contributed by atoms with E-state index in [0.717, 1.165) is 38.3 Å². The molecular formula is C25H26N4O2S. The SMILES string of the molecule is CC(=O)NC(Cc1c[nH]c2ccccc12)C(=O)NCCc1ccc(-c2csc(C)n2)cc1. The maximum Gasteiger partial charge on any atom is 0.242 e. The number of benzene rings is 2. The van der Waals surface area contributed by atoms with Gasteiger partial charge < -0.3 is 15.6 Å². The molecule has 0 aliphatic heterocycles. The third-order valence-corrected chi connectivity index (χ3v) is 6.15. The van der Waals surface area contributed by atoms with Crippen molar-refractivity contribution < 1.29 is 9.59 Å². The lowest BCUT2D eigenvalue weighted by Crippen LogP contribution is -2.47. The van der Waals surface area contributed by atoms with Gasteiger partial charge in [0.2, 0.25) is 11.8 Å². The monoisotopic (exact) mass is 446 g/mol. The lowest BCUT2D eigenvalue weighted by molar-refractivity contribution is -0.128. The molecule has 32 heavy (non-hydrogen) atoms. The predicted octanol–water partition coefficient (Wildman–Crippen LogP) is 4.01. The van der Waals surface area contributed by atoms with Crippen molar-refractivity contribution in [1.82, 2.24) is 20.6 Å². The number of hydrogen-bond acceptors (Lipinski definition) is 4. The number of thiazole rings is 1. The average molecular weight is 447 g/mol. The van der Waals surface area contributed by atoms with Gasteiger partial charge in [0.05, 0.1) is 10.7 Å². The highest BCUT2D eigenvalue weighted by molar-refractivity contribution is 7.09. The fourth-order valence-electron chi connectivity index (χ4n) is 3.77. The van der Waals surface area contributed by atoms with Crippen LogP contribution in [0.25, 0.3) is 22.2 Å². The minimum Gasteiger partial charge on any atom is -0.361 e. The topological polar surface area (TPSA) is 86.9 Å².